The van der Waals surface area contributed by atoms with Gasteiger partial charge in [0.2, 0.25) is 19.2 Å². The number of nitrogens with two attached hydrogens (primary N) is 1. The minimum Gasteiger partial charge on any atom is -0.474 e. The molecule has 0 aliphatic rings. The summed E-state index contributed by atoms with van der Waals surface area (Å²) in [6.07, 6.45) is 3.15. The Hall–Kier alpha value is -1.55. The van der Waals surface area contributed by atoms with Crippen LogP contribution in [0.2, 0.25) is 0 Å². The maximum Gasteiger partial charge on any atom is 0.340 e. The molecule has 0 radical (unpaired) electrons. The lowest BCUT2D eigenvalue weighted by molar-refractivity contribution is 0.144. The summed E-state index contributed by atoms with van der Waals surface area (Å²) in [7, 11) is -5.10. The zero-order valence-corrected chi connectivity index (χ0v) is 21.6. The number of imidazole rings is 1. The van der Waals surface area contributed by atoms with Crippen LogP contribution in [0.3, 0.4) is 0 Å². The Morgan fingerprint density at radius 2 is 1.70 bits per heavy atom. The fourth-order valence-corrected chi connectivity index (χ4v) is 9.07. The third-order valence-corrected chi connectivity index (χ3v) is 10.7. The van der Waals surface area contributed by atoms with Crippen LogP contribution in [0.1, 0.15) is 33.6 Å². The molecule has 0 saturated carbocycles. The quantitative estimate of drug-likeness (QED) is 0.246. The minimum atomic E-state index is -3.48. The summed E-state index contributed by atoms with van der Waals surface area (Å²) in [6.45, 7) is 7.15. The van der Waals surface area contributed by atoms with Gasteiger partial charge in [0.15, 0.2) is 11.2 Å². The minimum absolute atomic E-state index is 0.0834. The third kappa shape index (κ3) is 8.31. The van der Waals surface area contributed by atoms with Crippen molar-refractivity contribution in [2.45, 2.75) is 40.2 Å². The fraction of sp³-hybridized carbons (Fsp3) is 0.737. The molecule has 0 spiro atoms. The summed E-state index contributed by atoms with van der Waals surface area (Å²) in [5, 5.41) is 0. The first-order chi connectivity index (χ1) is 15.8. The van der Waals surface area contributed by atoms with E-state index in [-0.39, 0.29) is 37.8 Å². The summed E-state index contributed by atoms with van der Waals surface area (Å²) in [6, 6.07) is 0. The predicted molar refractivity (Wildman–Crippen MR) is 126 cm³/mol. The van der Waals surface area contributed by atoms with Gasteiger partial charge in [0, 0.05) is 19.8 Å². The number of fused-ring (bicyclic) bond motifs is 1. The molecule has 0 aromatic carbocycles. The number of hydrogen-bond donors (Lipinski definition) is 1. The van der Waals surface area contributed by atoms with E-state index in [2.05, 4.69) is 15.0 Å². The van der Waals surface area contributed by atoms with Gasteiger partial charge in [-0.05, 0) is 33.6 Å². The first-order valence-electron chi connectivity index (χ1n) is 11.0. The van der Waals surface area contributed by atoms with Gasteiger partial charge in [0.1, 0.15) is 12.5 Å². The number of unbranched alkanes of at least 4 members (excludes halogenated alkanes) is 1. The van der Waals surface area contributed by atoms with Gasteiger partial charge in [-0.3, -0.25) is 9.13 Å². The summed E-state index contributed by atoms with van der Waals surface area (Å²) in [5.41, 5.74) is 6.90. The first-order valence-corrected chi connectivity index (χ1v) is 14.7. The molecule has 2 N–H and O–H groups in total. The lowest BCUT2D eigenvalue weighted by atomic mass is 10.3. The normalized spacial score (nSPS) is 13.9. The van der Waals surface area contributed by atoms with Gasteiger partial charge in [0.05, 0.1) is 32.8 Å². The second-order valence-corrected chi connectivity index (χ2v) is 12.3. The van der Waals surface area contributed by atoms with E-state index in [0.717, 1.165) is 0 Å². The van der Waals surface area contributed by atoms with Gasteiger partial charge in [-0.25, -0.2) is 4.98 Å². The molecule has 2 aromatic rings. The Morgan fingerprint density at radius 1 is 1.00 bits per heavy atom. The highest BCUT2D eigenvalue weighted by molar-refractivity contribution is 7.73. The molecular formula is C19H35N5O7P2. The Morgan fingerprint density at radius 3 is 2.33 bits per heavy atom. The molecular weight excluding hydrogens is 472 g/mol. The standard InChI is InChI=1S/C19H35N5O7P2/c1-5-29-32(25,15-33(26,30-6-2)31-7-3)13-9-8-10-24-14-21-16-17(24)22-19(20)23-18(16)28-12-11-27-4/h14H,5-13,15H2,1-4H3,(H2,20,22,23). The largest absolute Gasteiger partial charge is 0.474 e. The van der Waals surface area contributed by atoms with Gasteiger partial charge in [0.25, 0.3) is 0 Å². The van der Waals surface area contributed by atoms with Crippen molar-refractivity contribution in [1.29, 1.82) is 0 Å². The second kappa shape index (κ2) is 13.4. The topological polar surface area (TPSA) is 150 Å². The number of hydrogen-bond acceptors (Lipinski definition) is 11. The molecule has 14 heteroatoms. The first kappa shape index (κ1) is 27.7. The zero-order valence-electron chi connectivity index (χ0n) is 19.8. The zero-order chi connectivity index (χ0) is 24.3. The molecule has 0 aliphatic carbocycles. The van der Waals surface area contributed by atoms with Crippen molar-refractivity contribution in [3.8, 4) is 5.88 Å². The fourth-order valence-electron chi connectivity index (χ4n) is 3.24. The molecule has 0 saturated heterocycles. The molecule has 2 heterocycles. The molecule has 1 unspecified atom stereocenters. The monoisotopic (exact) mass is 507 g/mol. The maximum absolute atomic E-state index is 13.3. The maximum atomic E-state index is 13.3. The Bertz CT molecular complexity index is 961. The van der Waals surface area contributed by atoms with E-state index in [1.807, 2.05) is 4.57 Å². The highest BCUT2D eigenvalue weighted by atomic mass is 31.2. The molecule has 2 rings (SSSR count). The van der Waals surface area contributed by atoms with Crippen LogP contribution in [-0.2, 0) is 34.0 Å². The molecule has 0 bridgehead atoms. The Kier molecular flexibility index (Phi) is 11.2. The van der Waals surface area contributed by atoms with Gasteiger partial charge in [-0.2, -0.15) is 9.97 Å². The molecule has 0 fully saturated rings. The van der Waals surface area contributed by atoms with Crippen molar-refractivity contribution in [1.82, 2.24) is 19.5 Å². The molecule has 0 aliphatic heterocycles. The predicted octanol–water partition coefficient (Wildman–Crippen LogP) is 3.75. The number of ether oxygens (including phenoxy) is 2. The smallest absolute Gasteiger partial charge is 0.340 e. The molecule has 188 valence electrons. The Labute approximate surface area is 194 Å². The Balaban J connectivity index is 2.03. The van der Waals surface area contributed by atoms with Crippen LogP contribution in [0.5, 0.6) is 5.88 Å². The van der Waals surface area contributed by atoms with Crippen LogP contribution in [0.25, 0.3) is 11.2 Å². The number of nitrogens with zero attached hydrogens (tertiary/aromatic N) is 4. The lowest BCUT2D eigenvalue weighted by Gasteiger charge is -2.23. The molecule has 0 amide bonds. The molecule has 2 aromatic heterocycles. The SMILES string of the molecule is CCOP(=O)(CCCCn1cnc2c(OCCOC)nc(N)nc21)CP(=O)(OCC)OCC. The average Bonchev–Trinajstić information content (AvgIpc) is 3.14. The summed E-state index contributed by atoms with van der Waals surface area (Å²) >= 11 is 0. The molecule has 1 atom stereocenters. The van der Waals surface area contributed by atoms with E-state index >= 15 is 0 Å². The summed E-state index contributed by atoms with van der Waals surface area (Å²) in [4.78, 5) is 12.7. The molecule has 33 heavy (non-hydrogen) atoms. The van der Waals surface area contributed by atoms with Crippen molar-refractivity contribution in [2.24, 2.45) is 0 Å². The van der Waals surface area contributed by atoms with Crippen molar-refractivity contribution in [3.05, 3.63) is 6.33 Å². The number of anilines is 1. The van der Waals surface area contributed by atoms with Crippen LogP contribution < -0.4 is 10.5 Å². The third-order valence-electron chi connectivity index (χ3n) is 4.53. The van der Waals surface area contributed by atoms with E-state index in [1.54, 1.807) is 34.2 Å². The van der Waals surface area contributed by atoms with Crippen LogP contribution in [0.15, 0.2) is 6.33 Å². The van der Waals surface area contributed by atoms with Crippen molar-refractivity contribution < 1.29 is 32.2 Å². The van der Waals surface area contributed by atoms with Crippen LogP contribution >= 0.6 is 15.0 Å². The van der Waals surface area contributed by atoms with Crippen LogP contribution in [0, 0.1) is 0 Å². The van der Waals surface area contributed by atoms with E-state index in [1.165, 1.54) is 0 Å². The van der Waals surface area contributed by atoms with Crippen LogP contribution in [-0.4, -0.2) is 71.7 Å². The van der Waals surface area contributed by atoms with Gasteiger partial charge in [-0.15, -0.1) is 0 Å². The number of rotatable bonds is 17. The number of methoxy groups -OCH3 is 1. The van der Waals surface area contributed by atoms with E-state index in [4.69, 9.17) is 28.8 Å². The lowest BCUT2D eigenvalue weighted by Crippen LogP contribution is -2.08. The van der Waals surface area contributed by atoms with Crippen molar-refractivity contribution >= 4 is 32.1 Å². The van der Waals surface area contributed by atoms with Crippen LogP contribution in [0.4, 0.5) is 5.95 Å². The van der Waals surface area contributed by atoms with Crippen molar-refractivity contribution in [2.75, 3.05) is 57.9 Å². The highest BCUT2D eigenvalue weighted by Crippen LogP contribution is 2.63. The summed E-state index contributed by atoms with van der Waals surface area (Å²) < 4.78 is 54.8. The average molecular weight is 507 g/mol. The number of aromatic nitrogens is 4. The molecule has 12 nitrogen and oxygen atoms in total. The highest BCUT2D eigenvalue weighted by Gasteiger charge is 2.36. The van der Waals surface area contributed by atoms with E-state index in [9.17, 15) is 9.13 Å². The summed E-state index contributed by atoms with van der Waals surface area (Å²) in [5.74, 6) is 0.159. The van der Waals surface area contributed by atoms with E-state index < -0.39 is 15.0 Å². The van der Waals surface area contributed by atoms with Gasteiger partial charge in [-0.1, -0.05) is 0 Å². The van der Waals surface area contributed by atoms with Gasteiger partial charge >= 0.3 is 7.60 Å². The second-order valence-electron chi connectivity index (χ2n) is 7.09. The van der Waals surface area contributed by atoms with Gasteiger partial charge < -0.3 is 33.3 Å². The number of aryl methyl sites for hydroxylation is 1. The number of nitrogen functional groups attached to an aromatic ring is 1. The van der Waals surface area contributed by atoms with Crippen molar-refractivity contribution in [3.63, 3.8) is 0 Å². The van der Waals surface area contributed by atoms with E-state index in [0.29, 0.717) is 49.6 Å².